The van der Waals surface area contributed by atoms with Crippen molar-refractivity contribution in [3.63, 3.8) is 0 Å². The fourth-order valence-corrected chi connectivity index (χ4v) is 12.5. The first-order valence-electron chi connectivity index (χ1n) is 22.6. The Bertz CT molecular complexity index is 3720. The molecule has 2 atom stereocenters. The third kappa shape index (κ3) is 4.37. The van der Waals surface area contributed by atoms with Crippen molar-refractivity contribution < 1.29 is 0 Å². The average molecular weight is 807 g/mol. The highest BCUT2D eigenvalue weighted by molar-refractivity contribution is 6.22. The standard InChI is InChI=1S/C64H38/c1-3-17-41-39(15-1)35-57-47(41)27-13-31-63(57)33-29-45-43-19-5-7-21-49(43)61(55(45)37-63)59-51-23-9-11-25-53(51)60(54-26-12-10-24-52(54)59)62-50-22-8-6-20-44(50)46-30-34-64(38-56(46)62)32-14-28-48-42-18-4-2-16-40(42)36-58(48)64/h1-38H. The van der Waals surface area contributed by atoms with Crippen molar-refractivity contribution in [3.05, 3.63) is 295 Å². The normalized spacial score (nSPS) is 22.1. The Labute approximate surface area is 371 Å². The molecule has 2 unspecified atom stereocenters. The third-order valence-electron chi connectivity index (χ3n) is 15.2. The van der Waals surface area contributed by atoms with Gasteiger partial charge in [-0.25, -0.2) is 0 Å². The molecule has 64 heavy (non-hydrogen) atoms. The van der Waals surface area contributed by atoms with Crippen LogP contribution < -0.4 is 20.9 Å². The quantitative estimate of drug-likeness (QED) is 0.153. The van der Waals surface area contributed by atoms with Gasteiger partial charge in [0.2, 0.25) is 0 Å². The Morgan fingerprint density at radius 3 is 1.14 bits per heavy atom. The zero-order chi connectivity index (χ0) is 41.7. The minimum absolute atomic E-state index is 0.369. The maximum atomic E-state index is 2.58. The molecule has 8 aliphatic rings. The predicted octanol–water partition coefficient (Wildman–Crippen LogP) is 11.8. The Morgan fingerprint density at radius 2 is 0.703 bits per heavy atom. The predicted molar refractivity (Wildman–Crippen MR) is 267 cm³/mol. The molecule has 0 nitrogen and oxygen atoms in total. The number of fused-ring (bicyclic) bond motifs is 14. The van der Waals surface area contributed by atoms with Crippen LogP contribution in [0.2, 0.25) is 0 Å². The smallest absolute Gasteiger partial charge is 0.0515 e. The lowest BCUT2D eigenvalue weighted by molar-refractivity contribution is 0.778. The molecule has 0 fully saturated rings. The van der Waals surface area contributed by atoms with Crippen LogP contribution in [-0.2, 0) is 0 Å². The van der Waals surface area contributed by atoms with Crippen LogP contribution in [0.3, 0.4) is 0 Å². The van der Waals surface area contributed by atoms with Gasteiger partial charge in [-0.05, 0) is 144 Å². The van der Waals surface area contributed by atoms with Gasteiger partial charge in [-0.2, -0.15) is 0 Å². The lowest BCUT2D eigenvalue weighted by Crippen LogP contribution is -2.24. The van der Waals surface area contributed by atoms with Crippen molar-refractivity contribution >= 4 is 67.1 Å². The van der Waals surface area contributed by atoms with Crippen LogP contribution >= 0.6 is 0 Å². The summed E-state index contributed by atoms with van der Waals surface area (Å²) in [5.74, 6) is 0. The molecule has 0 saturated carbocycles. The Kier molecular flexibility index (Phi) is 6.64. The highest BCUT2D eigenvalue weighted by Gasteiger charge is 2.41. The fraction of sp³-hybridized carbons (Fsp3) is 0.0312. The highest BCUT2D eigenvalue weighted by Crippen LogP contribution is 2.56. The summed E-state index contributed by atoms with van der Waals surface area (Å²) in [5, 5.41) is 10.3. The molecular weight excluding hydrogens is 769 g/mol. The van der Waals surface area contributed by atoms with Gasteiger partial charge in [0.1, 0.15) is 0 Å². The van der Waals surface area contributed by atoms with Gasteiger partial charge in [-0.1, -0.05) is 219 Å². The molecule has 0 heterocycles. The van der Waals surface area contributed by atoms with E-state index in [1.54, 1.807) is 0 Å². The van der Waals surface area contributed by atoms with E-state index in [0.29, 0.717) is 0 Å². The fourth-order valence-electron chi connectivity index (χ4n) is 12.5. The molecule has 2 spiro atoms. The van der Waals surface area contributed by atoms with Gasteiger partial charge >= 0.3 is 0 Å². The third-order valence-corrected chi connectivity index (χ3v) is 15.2. The minimum atomic E-state index is -0.369. The van der Waals surface area contributed by atoms with Crippen LogP contribution in [0.5, 0.6) is 0 Å². The van der Waals surface area contributed by atoms with E-state index in [9.17, 15) is 0 Å². The molecule has 0 aromatic heterocycles. The number of benzene rings is 7. The lowest BCUT2D eigenvalue weighted by Gasteiger charge is -2.34. The zero-order valence-electron chi connectivity index (χ0n) is 34.9. The molecule has 0 saturated heterocycles. The van der Waals surface area contributed by atoms with Crippen LogP contribution in [-0.4, -0.2) is 0 Å². The topological polar surface area (TPSA) is 0 Å². The summed E-state index contributed by atoms with van der Waals surface area (Å²) in [7, 11) is 0. The molecule has 7 aromatic rings. The Balaban J connectivity index is 0.995. The molecule has 0 bridgehead atoms. The first kappa shape index (κ1) is 34.5. The average Bonchev–Trinajstić information content (AvgIpc) is 4.10. The lowest BCUT2D eigenvalue weighted by atomic mass is 9.68. The van der Waals surface area contributed by atoms with E-state index in [2.05, 4.69) is 231 Å². The molecule has 0 amide bonds. The minimum Gasteiger partial charge on any atom is -0.0663 e. The summed E-state index contributed by atoms with van der Waals surface area (Å²) in [6, 6.07) is 54.3. The molecule has 0 radical (unpaired) electrons. The monoisotopic (exact) mass is 806 g/mol. The van der Waals surface area contributed by atoms with Gasteiger partial charge in [0.15, 0.2) is 0 Å². The van der Waals surface area contributed by atoms with Crippen LogP contribution in [0.25, 0.3) is 67.1 Å². The van der Waals surface area contributed by atoms with E-state index in [0.717, 1.165) is 0 Å². The van der Waals surface area contributed by atoms with Gasteiger partial charge in [0, 0.05) is 0 Å². The van der Waals surface area contributed by atoms with Crippen LogP contribution in [0.1, 0.15) is 33.4 Å². The maximum absolute atomic E-state index is 2.58. The highest BCUT2D eigenvalue weighted by atomic mass is 14.4. The summed E-state index contributed by atoms with van der Waals surface area (Å²) >= 11 is 0. The Morgan fingerprint density at radius 1 is 0.328 bits per heavy atom. The first-order valence-corrected chi connectivity index (χ1v) is 22.6. The summed E-state index contributed by atoms with van der Waals surface area (Å²) in [5.41, 5.74) is 20.3. The molecule has 0 heteroatoms. The molecule has 15 rings (SSSR count). The molecule has 0 N–H and O–H groups in total. The second-order valence-electron chi connectivity index (χ2n) is 18.3. The van der Waals surface area contributed by atoms with Crippen molar-refractivity contribution in [2.24, 2.45) is 10.8 Å². The molecule has 7 aromatic carbocycles. The van der Waals surface area contributed by atoms with E-state index in [1.807, 2.05) is 0 Å². The van der Waals surface area contributed by atoms with Gasteiger partial charge in [-0.15, -0.1) is 0 Å². The number of hydrogen-bond acceptors (Lipinski definition) is 0. The van der Waals surface area contributed by atoms with Crippen LogP contribution in [0, 0.1) is 10.8 Å². The van der Waals surface area contributed by atoms with Crippen molar-refractivity contribution in [3.8, 4) is 0 Å². The van der Waals surface area contributed by atoms with Crippen molar-refractivity contribution in [1.29, 1.82) is 0 Å². The summed E-state index contributed by atoms with van der Waals surface area (Å²) in [4.78, 5) is 0. The molecule has 294 valence electrons. The molecule has 8 aliphatic carbocycles. The van der Waals surface area contributed by atoms with Crippen molar-refractivity contribution in [1.82, 2.24) is 0 Å². The SMILES string of the molecule is C1=CC2(C=CC3=c4ccccc4=C(c4c5ccccc5c(C5=c6ccccc6=C6C=CC7(C=CC=C8C7=Cc7ccccc78)C=C65)c5ccccc45)C3=C2)C2=Cc3ccccc3C2=C1. The van der Waals surface area contributed by atoms with Crippen molar-refractivity contribution in [2.75, 3.05) is 0 Å². The second kappa shape index (κ2) is 12.3. The molecular formula is C64H38. The molecule has 0 aliphatic heterocycles. The Hall–Kier alpha value is -8.06. The number of hydrogen-bond donors (Lipinski definition) is 0. The van der Waals surface area contributed by atoms with E-state index in [4.69, 9.17) is 0 Å². The zero-order valence-corrected chi connectivity index (χ0v) is 34.9. The van der Waals surface area contributed by atoms with E-state index in [-0.39, 0.29) is 10.8 Å². The van der Waals surface area contributed by atoms with Crippen LogP contribution in [0.4, 0.5) is 0 Å². The maximum Gasteiger partial charge on any atom is 0.0515 e. The summed E-state index contributed by atoms with van der Waals surface area (Å²) in [6.45, 7) is 0. The van der Waals surface area contributed by atoms with E-state index < -0.39 is 0 Å². The number of allylic oxidation sites excluding steroid dienone is 18. The van der Waals surface area contributed by atoms with Gasteiger partial charge in [0.05, 0.1) is 10.8 Å². The summed E-state index contributed by atoms with van der Waals surface area (Å²) in [6.07, 6.45) is 33.6. The first-order chi connectivity index (χ1) is 31.7. The van der Waals surface area contributed by atoms with Crippen molar-refractivity contribution in [2.45, 2.75) is 0 Å². The van der Waals surface area contributed by atoms with E-state index in [1.165, 1.54) is 132 Å². The largest absolute Gasteiger partial charge is 0.0663 e. The number of rotatable bonds is 2. The second-order valence-corrected chi connectivity index (χ2v) is 18.3. The van der Waals surface area contributed by atoms with Gasteiger partial charge < -0.3 is 0 Å². The van der Waals surface area contributed by atoms with Crippen LogP contribution in [0.15, 0.2) is 241 Å². The van der Waals surface area contributed by atoms with E-state index >= 15 is 0 Å². The summed E-state index contributed by atoms with van der Waals surface area (Å²) < 4.78 is 0. The van der Waals surface area contributed by atoms with Gasteiger partial charge in [-0.3, -0.25) is 0 Å². The van der Waals surface area contributed by atoms with Gasteiger partial charge in [0.25, 0.3) is 0 Å².